The van der Waals surface area contributed by atoms with Crippen LogP contribution < -0.4 is 9.64 Å². The molecule has 1 amide bonds. The fourth-order valence-electron chi connectivity index (χ4n) is 2.24. The van der Waals surface area contributed by atoms with Gasteiger partial charge in [0.15, 0.2) is 11.5 Å². The maximum absolute atomic E-state index is 12.7. The standard InChI is InChI=1S/C16H12ClNO5/c1-9(16(20)21)18-12-7-10(17)4-5-13(12)23-14(15(18)19)8-11-3-2-6-22-11/h2-9H,1H3,(H,20,21)/b14-8+. The van der Waals surface area contributed by atoms with Crippen LogP contribution in [0.25, 0.3) is 6.08 Å². The van der Waals surface area contributed by atoms with Gasteiger partial charge in [-0.1, -0.05) is 11.6 Å². The second-order valence-electron chi connectivity index (χ2n) is 4.93. The summed E-state index contributed by atoms with van der Waals surface area (Å²) in [6.45, 7) is 1.42. The van der Waals surface area contributed by atoms with E-state index in [0.29, 0.717) is 22.2 Å². The van der Waals surface area contributed by atoms with Gasteiger partial charge in [0.25, 0.3) is 5.91 Å². The van der Waals surface area contributed by atoms with Crippen molar-refractivity contribution in [1.29, 1.82) is 0 Å². The van der Waals surface area contributed by atoms with Gasteiger partial charge in [-0.15, -0.1) is 0 Å². The van der Waals surface area contributed by atoms with Gasteiger partial charge in [0, 0.05) is 11.1 Å². The van der Waals surface area contributed by atoms with Crippen molar-refractivity contribution < 1.29 is 23.8 Å². The number of amides is 1. The fourth-order valence-corrected chi connectivity index (χ4v) is 2.41. The number of rotatable bonds is 3. The number of halogens is 1. The average molecular weight is 334 g/mol. The monoisotopic (exact) mass is 333 g/mol. The number of ether oxygens (including phenoxy) is 1. The van der Waals surface area contributed by atoms with Gasteiger partial charge in [-0.2, -0.15) is 0 Å². The van der Waals surface area contributed by atoms with E-state index in [4.69, 9.17) is 20.8 Å². The molecule has 6 nitrogen and oxygen atoms in total. The number of furan rings is 1. The van der Waals surface area contributed by atoms with Crippen molar-refractivity contribution in [3.05, 3.63) is 53.1 Å². The molecular formula is C16H12ClNO5. The van der Waals surface area contributed by atoms with E-state index < -0.39 is 17.9 Å². The molecule has 0 aliphatic carbocycles. The Kier molecular flexibility index (Phi) is 3.83. The number of anilines is 1. The molecule has 3 rings (SSSR count). The molecule has 118 valence electrons. The molecule has 0 radical (unpaired) electrons. The molecule has 1 aliphatic rings. The maximum Gasteiger partial charge on any atom is 0.326 e. The van der Waals surface area contributed by atoms with Crippen molar-refractivity contribution in [2.45, 2.75) is 13.0 Å². The zero-order valence-electron chi connectivity index (χ0n) is 12.0. The first-order chi connectivity index (χ1) is 11.0. The topological polar surface area (TPSA) is 80.0 Å². The van der Waals surface area contributed by atoms with E-state index in [9.17, 15) is 14.7 Å². The molecule has 7 heteroatoms. The number of carboxylic acid groups (broad SMARTS) is 1. The van der Waals surface area contributed by atoms with Crippen LogP contribution in [0.5, 0.6) is 5.75 Å². The lowest BCUT2D eigenvalue weighted by Crippen LogP contribution is -2.47. The summed E-state index contributed by atoms with van der Waals surface area (Å²) in [5.74, 6) is -0.967. The molecule has 1 atom stereocenters. The summed E-state index contributed by atoms with van der Waals surface area (Å²) in [4.78, 5) is 25.2. The van der Waals surface area contributed by atoms with Crippen LogP contribution in [0, 0.1) is 0 Å². The molecule has 1 aliphatic heterocycles. The number of hydrogen-bond donors (Lipinski definition) is 1. The highest BCUT2D eigenvalue weighted by molar-refractivity contribution is 6.31. The summed E-state index contributed by atoms with van der Waals surface area (Å²) in [5, 5.41) is 9.66. The highest BCUT2D eigenvalue weighted by atomic mass is 35.5. The molecule has 2 aromatic rings. The Hall–Kier alpha value is -2.73. The molecule has 1 N–H and O–H groups in total. The van der Waals surface area contributed by atoms with E-state index in [2.05, 4.69) is 0 Å². The lowest BCUT2D eigenvalue weighted by molar-refractivity contribution is -0.139. The average Bonchev–Trinajstić information content (AvgIpc) is 3.01. The third kappa shape index (κ3) is 2.80. The number of fused-ring (bicyclic) bond motifs is 1. The van der Waals surface area contributed by atoms with Crippen molar-refractivity contribution in [2.24, 2.45) is 0 Å². The Labute approximate surface area is 136 Å². The Morgan fingerprint density at radius 3 is 2.83 bits per heavy atom. The summed E-state index contributed by atoms with van der Waals surface area (Å²) in [5.41, 5.74) is 0.314. The smallest absolute Gasteiger partial charge is 0.326 e. The zero-order chi connectivity index (χ0) is 16.6. The van der Waals surface area contributed by atoms with Crippen molar-refractivity contribution in [3.63, 3.8) is 0 Å². The predicted molar refractivity (Wildman–Crippen MR) is 83.3 cm³/mol. The van der Waals surface area contributed by atoms with Crippen LogP contribution >= 0.6 is 11.6 Å². The van der Waals surface area contributed by atoms with Crippen LogP contribution in [-0.4, -0.2) is 23.0 Å². The third-order valence-corrected chi connectivity index (χ3v) is 3.63. The first kappa shape index (κ1) is 15.2. The Bertz CT molecular complexity index is 797. The number of hydrogen-bond acceptors (Lipinski definition) is 4. The number of aliphatic carboxylic acids is 1. The zero-order valence-corrected chi connectivity index (χ0v) is 12.8. The predicted octanol–water partition coefficient (Wildman–Crippen LogP) is 3.17. The number of benzene rings is 1. The van der Waals surface area contributed by atoms with E-state index >= 15 is 0 Å². The SMILES string of the molecule is CC(C(=O)O)N1C(=O)/C(=C\c2ccco2)Oc2ccc(Cl)cc21. The maximum atomic E-state index is 12.7. The van der Waals surface area contributed by atoms with Gasteiger partial charge in [-0.05, 0) is 37.3 Å². The normalized spacial score (nSPS) is 16.9. The van der Waals surface area contributed by atoms with Crippen molar-refractivity contribution in [1.82, 2.24) is 0 Å². The Morgan fingerprint density at radius 1 is 1.39 bits per heavy atom. The van der Waals surface area contributed by atoms with Gasteiger partial charge in [-0.3, -0.25) is 9.69 Å². The van der Waals surface area contributed by atoms with Crippen molar-refractivity contribution in [2.75, 3.05) is 4.90 Å². The molecule has 0 saturated carbocycles. The summed E-state index contributed by atoms with van der Waals surface area (Å²) < 4.78 is 10.8. The molecule has 2 heterocycles. The number of carbonyl (C=O) groups excluding carboxylic acids is 1. The summed E-state index contributed by atoms with van der Waals surface area (Å²) >= 11 is 5.95. The minimum absolute atomic E-state index is 0.0251. The number of nitrogens with zero attached hydrogens (tertiary/aromatic N) is 1. The Morgan fingerprint density at radius 2 is 2.17 bits per heavy atom. The number of carbonyl (C=O) groups is 2. The van der Waals surface area contributed by atoms with Crippen LogP contribution in [0.1, 0.15) is 12.7 Å². The van der Waals surface area contributed by atoms with Gasteiger partial charge in [0.2, 0.25) is 0 Å². The highest BCUT2D eigenvalue weighted by Crippen LogP contribution is 2.38. The van der Waals surface area contributed by atoms with E-state index in [-0.39, 0.29) is 5.76 Å². The summed E-state index contributed by atoms with van der Waals surface area (Å²) in [6.07, 6.45) is 2.88. The molecule has 1 aromatic carbocycles. The second kappa shape index (κ2) is 5.81. The molecule has 1 aromatic heterocycles. The van der Waals surface area contributed by atoms with E-state index in [1.165, 1.54) is 25.3 Å². The largest absolute Gasteiger partial charge is 0.480 e. The Balaban J connectivity index is 2.11. The molecule has 0 fully saturated rings. The van der Waals surface area contributed by atoms with Gasteiger partial charge in [0.05, 0.1) is 12.0 Å². The van der Waals surface area contributed by atoms with E-state index in [0.717, 1.165) is 4.90 Å². The van der Waals surface area contributed by atoms with E-state index in [1.54, 1.807) is 24.3 Å². The molecule has 0 bridgehead atoms. The highest BCUT2D eigenvalue weighted by Gasteiger charge is 2.36. The molecular weight excluding hydrogens is 322 g/mol. The second-order valence-corrected chi connectivity index (χ2v) is 5.36. The molecule has 1 unspecified atom stereocenters. The minimum Gasteiger partial charge on any atom is -0.480 e. The van der Waals surface area contributed by atoms with E-state index in [1.807, 2.05) is 0 Å². The number of carboxylic acids is 1. The summed E-state index contributed by atoms with van der Waals surface area (Å²) in [6, 6.07) is 6.93. The van der Waals surface area contributed by atoms with Crippen molar-refractivity contribution >= 4 is 35.2 Å². The summed E-state index contributed by atoms with van der Waals surface area (Å²) in [7, 11) is 0. The first-order valence-corrected chi connectivity index (χ1v) is 7.14. The van der Waals surface area contributed by atoms with Crippen LogP contribution in [0.15, 0.2) is 46.8 Å². The van der Waals surface area contributed by atoms with Crippen LogP contribution in [0.2, 0.25) is 5.02 Å². The molecule has 0 saturated heterocycles. The van der Waals surface area contributed by atoms with Gasteiger partial charge >= 0.3 is 5.97 Å². The van der Waals surface area contributed by atoms with Crippen LogP contribution in [0.4, 0.5) is 5.69 Å². The molecule has 23 heavy (non-hydrogen) atoms. The first-order valence-electron chi connectivity index (χ1n) is 6.76. The van der Waals surface area contributed by atoms with Gasteiger partial charge < -0.3 is 14.3 Å². The quantitative estimate of drug-likeness (QED) is 0.873. The fraction of sp³-hybridized carbons (Fsp3) is 0.125. The lowest BCUT2D eigenvalue weighted by atomic mass is 10.1. The minimum atomic E-state index is -1.14. The van der Waals surface area contributed by atoms with Crippen LogP contribution in [-0.2, 0) is 9.59 Å². The van der Waals surface area contributed by atoms with Gasteiger partial charge in [-0.25, -0.2) is 4.79 Å². The molecule has 0 spiro atoms. The lowest BCUT2D eigenvalue weighted by Gasteiger charge is -2.33. The van der Waals surface area contributed by atoms with Gasteiger partial charge in [0.1, 0.15) is 11.8 Å². The van der Waals surface area contributed by atoms with Crippen LogP contribution in [0.3, 0.4) is 0 Å². The van der Waals surface area contributed by atoms with Crippen molar-refractivity contribution in [3.8, 4) is 5.75 Å². The third-order valence-electron chi connectivity index (χ3n) is 3.39.